The minimum atomic E-state index is -0.385. The number of nitrogens with zero attached hydrogens (tertiary/aromatic N) is 3. The maximum absolute atomic E-state index is 11.6. The first-order chi connectivity index (χ1) is 4.34. The van der Waals surface area contributed by atoms with Crippen molar-refractivity contribution in [1.29, 1.82) is 0 Å². The van der Waals surface area contributed by atoms with Crippen molar-refractivity contribution >= 4 is 0 Å². The van der Waals surface area contributed by atoms with Gasteiger partial charge in [-0.05, 0) is 6.92 Å². The van der Waals surface area contributed by atoms with Crippen molar-refractivity contribution in [2.45, 2.75) is 13.5 Å². The van der Waals surface area contributed by atoms with Crippen molar-refractivity contribution in [3.05, 3.63) is 12.2 Å². The Morgan fingerprint density at radius 3 is 3.00 bits per heavy atom. The van der Waals surface area contributed by atoms with E-state index in [1.807, 2.05) is 0 Å². The van der Waals surface area contributed by atoms with Crippen LogP contribution in [0.5, 0.6) is 0 Å². The third kappa shape index (κ3) is 1.25. The molecule has 0 aliphatic rings. The van der Waals surface area contributed by atoms with Crippen molar-refractivity contribution in [1.82, 2.24) is 14.8 Å². The van der Waals surface area contributed by atoms with Gasteiger partial charge in [0.15, 0.2) is 0 Å². The summed E-state index contributed by atoms with van der Waals surface area (Å²) in [5.74, 6) is 0.757. The summed E-state index contributed by atoms with van der Waals surface area (Å²) in [4.78, 5) is 3.82. The Morgan fingerprint density at radius 1 is 1.78 bits per heavy atom. The van der Waals surface area contributed by atoms with Gasteiger partial charge >= 0.3 is 0 Å². The quantitative estimate of drug-likeness (QED) is 0.584. The molecule has 0 bridgehead atoms. The van der Waals surface area contributed by atoms with E-state index >= 15 is 0 Å². The van der Waals surface area contributed by atoms with Crippen LogP contribution < -0.4 is 0 Å². The van der Waals surface area contributed by atoms with Gasteiger partial charge in [-0.15, -0.1) is 0 Å². The SMILES string of the molecule is Cc1ncnn1CCF. The molecule has 0 unspecified atom stereocenters. The third-order valence-electron chi connectivity index (χ3n) is 1.11. The van der Waals surface area contributed by atoms with Gasteiger partial charge in [-0.2, -0.15) is 5.10 Å². The van der Waals surface area contributed by atoms with Crippen LogP contribution in [-0.4, -0.2) is 21.4 Å². The Labute approximate surface area is 52.5 Å². The second kappa shape index (κ2) is 2.57. The predicted octanol–water partition coefficient (Wildman–Crippen LogP) is 0.556. The van der Waals surface area contributed by atoms with Gasteiger partial charge < -0.3 is 0 Å². The molecule has 0 spiro atoms. The van der Waals surface area contributed by atoms with Crippen molar-refractivity contribution in [2.24, 2.45) is 0 Å². The summed E-state index contributed by atoms with van der Waals surface area (Å²) in [5.41, 5.74) is 0. The predicted molar refractivity (Wildman–Crippen MR) is 30.7 cm³/mol. The molecule has 0 atom stereocenters. The normalized spacial score (nSPS) is 10.0. The molecule has 1 heterocycles. The first-order valence-electron chi connectivity index (χ1n) is 2.75. The number of alkyl halides is 1. The molecule has 0 saturated heterocycles. The molecule has 1 aromatic rings. The van der Waals surface area contributed by atoms with E-state index in [0.717, 1.165) is 5.82 Å². The van der Waals surface area contributed by atoms with E-state index < -0.39 is 0 Å². The van der Waals surface area contributed by atoms with Crippen LogP contribution in [0.3, 0.4) is 0 Å². The zero-order chi connectivity index (χ0) is 6.69. The van der Waals surface area contributed by atoms with Crippen molar-refractivity contribution in [3.8, 4) is 0 Å². The highest BCUT2D eigenvalue weighted by atomic mass is 19.1. The van der Waals surface area contributed by atoms with Gasteiger partial charge in [0, 0.05) is 0 Å². The highest BCUT2D eigenvalue weighted by molar-refractivity contribution is 4.77. The molecule has 50 valence electrons. The highest BCUT2D eigenvalue weighted by Crippen LogP contribution is 1.89. The summed E-state index contributed by atoms with van der Waals surface area (Å²) >= 11 is 0. The first-order valence-corrected chi connectivity index (χ1v) is 2.75. The maximum Gasteiger partial charge on any atom is 0.138 e. The van der Waals surface area contributed by atoms with Crippen LogP contribution in [0.1, 0.15) is 5.82 Å². The second-order valence-electron chi connectivity index (χ2n) is 1.72. The van der Waals surface area contributed by atoms with E-state index in [1.54, 1.807) is 6.92 Å². The molecule has 9 heavy (non-hydrogen) atoms. The summed E-state index contributed by atoms with van der Waals surface area (Å²) in [7, 11) is 0. The Hall–Kier alpha value is -0.930. The van der Waals surface area contributed by atoms with E-state index in [0.29, 0.717) is 6.54 Å². The molecular formula is C5H8FN3. The lowest BCUT2D eigenvalue weighted by Crippen LogP contribution is -2.03. The number of hydrogen-bond acceptors (Lipinski definition) is 2. The Balaban J connectivity index is 2.69. The van der Waals surface area contributed by atoms with Gasteiger partial charge in [0.1, 0.15) is 18.8 Å². The molecule has 0 aliphatic carbocycles. The van der Waals surface area contributed by atoms with Crippen LogP contribution in [-0.2, 0) is 6.54 Å². The van der Waals surface area contributed by atoms with Crippen molar-refractivity contribution in [3.63, 3.8) is 0 Å². The van der Waals surface area contributed by atoms with Crippen molar-refractivity contribution in [2.75, 3.05) is 6.67 Å². The van der Waals surface area contributed by atoms with Gasteiger partial charge in [0.25, 0.3) is 0 Å². The summed E-state index contributed by atoms with van der Waals surface area (Å²) < 4.78 is 13.2. The van der Waals surface area contributed by atoms with Crippen LogP contribution >= 0.6 is 0 Å². The van der Waals surface area contributed by atoms with Crippen LogP contribution in [0.4, 0.5) is 4.39 Å². The van der Waals surface area contributed by atoms with Crippen molar-refractivity contribution < 1.29 is 4.39 Å². The molecule has 1 aromatic heterocycles. The Kier molecular flexibility index (Phi) is 1.77. The average molecular weight is 129 g/mol. The van der Waals surface area contributed by atoms with Gasteiger partial charge in [0.2, 0.25) is 0 Å². The van der Waals surface area contributed by atoms with E-state index in [9.17, 15) is 4.39 Å². The minimum absolute atomic E-state index is 0.311. The maximum atomic E-state index is 11.6. The van der Waals surface area contributed by atoms with Gasteiger partial charge in [0.05, 0.1) is 6.54 Å². The lowest BCUT2D eigenvalue weighted by Gasteiger charge is -1.95. The lowest BCUT2D eigenvalue weighted by molar-refractivity contribution is 0.422. The number of aromatic nitrogens is 3. The molecule has 0 amide bonds. The topological polar surface area (TPSA) is 30.7 Å². The van der Waals surface area contributed by atoms with Crippen LogP contribution in [0.2, 0.25) is 0 Å². The minimum Gasteiger partial charge on any atom is -0.249 e. The van der Waals surface area contributed by atoms with E-state index in [2.05, 4.69) is 10.1 Å². The molecular weight excluding hydrogens is 121 g/mol. The number of aryl methyl sites for hydroxylation is 2. The molecule has 0 fully saturated rings. The summed E-state index contributed by atoms with van der Waals surface area (Å²) in [6, 6.07) is 0. The molecule has 0 aromatic carbocycles. The summed E-state index contributed by atoms with van der Waals surface area (Å²) in [6.07, 6.45) is 1.42. The summed E-state index contributed by atoms with van der Waals surface area (Å²) in [6.45, 7) is 1.72. The fourth-order valence-corrected chi connectivity index (χ4v) is 0.622. The first kappa shape index (κ1) is 6.19. The van der Waals surface area contributed by atoms with Crippen LogP contribution in [0.15, 0.2) is 6.33 Å². The molecule has 0 aliphatic heterocycles. The highest BCUT2D eigenvalue weighted by Gasteiger charge is 1.94. The van der Waals surface area contributed by atoms with Gasteiger partial charge in [-0.25, -0.2) is 14.1 Å². The largest absolute Gasteiger partial charge is 0.249 e. The number of rotatable bonds is 2. The fourth-order valence-electron chi connectivity index (χ4n) is 0.622. The Bertz CT molecular complexity index is 184. The molecule has 1 rings (SSSR count). The second-order valence-corrected chi connectivity index (χ2v) is 1.72. The monoisotopic (exact) mass is 129 g/mol. The van der Waals surface area contributed by atoms with Gasteiger partial charge in [-0.1, -0.05) is 0 Å². The lowest BCUT2D eigenvalue weighted by atomic mass is 10.6. The third-order valence-corrected chi connectivity index (χ3v) is 1.11. The number of hydrogen-bond donors (Lipinski definition) is 0. The zero-order valence-corrected chi connectivity index (χ0v) is 5.21. The average Bonchev–Trinajstić information content (AvgIpc) is 2.18. The van der Waals surface area contributed by atoms with E-state index in [-0.39, 0.29) is 6.67 Å². The van der Waals surface area contributed by atoms with Crippen LogP contribution in [0, 0.1) is 6.92 Å². The molecule has 0 N–H and O–H groups in total. The Morgan fingerprint density at radius 2 is 2.56 bits per heavy atom. The molecule has 0 radical (unpaired) electrons. The summed E-state index contributed by atoms with van der Waals surface area (Å²) in [5, 5.41) is 3.77. The molecule has 4 heteroatoms. The van der Waals surface area contributed by atoms with E-state index in [4.69, 9.17) is 0 Å². The standard InChI is InChI=1S/C5H8FN3/c1-5-7-4-8-9(5)3-2-6/h4H,2-3H2,1H3. The fraction of sp³-hybridized carbons (Fsp3) is 0.600. The molecule has 0 saturated carbocycles. The number of halogens is 1. The van der Waals surface area contributed by atoms with Crippen LogP contribution in [0.25, 0.3) is 0 Å². The molecule has 3 nitrogen and oxygen atoms in total. The van der Waals surface area contributed by atoms with E-state index in [1.165, 1.54) is 11.0 Å². The zero-order valence-electron chi connectivity index (χ0n) is 5.21. The smallest absolute Gasteiger partial charge is 0.138 e. The van der Waals surface area contributed by atoms with Gasteiger partial charge in [-0.3, -0.25) is 0 Å².